The SMILES string of the molecule is N#CC1(C(=O)N2C[C@H]3COCC[C@@]3(C(=O)O)C2)CCCC1. The van der Waals surface area contributed by atoms with Crippen LogP contribution in [0.1, 0.15) is 32.1 Å². The molecule has 2 saturated heterocycles. The number of carbonyl (C=O) groups excluding carboxylic acids is 1. The van der Waals surface area contributed by atoms with Crippen molar-refractivity contribution in [3.05, 3.63) is 0 Å². The standard InChI is InChI=1S/C15H20N2O4/c16-9-14(3-1-2-4-14)12(18)17-7-11-8-21-6-5-15(11,10-17)13(19)20/h11H,1-8,10H2,(H,19,20)/t11-,15+/m0/s1. The quantitative estimate of drug-likeness (QED) is 0.820. The Morgan fingerprint density at radius 3 is 2.57 bits per heavy atom. The average Bonchev–Trinajstić information content (AvgIpc) is 3.12. The van der Waals surface area contributed by atoms with Crippen molar-refractivity contribution in [1.82, 2.24) is 4.90 Å². The summed E-state index contributed by atoms with van der Waals surface area (Å²) in [6.07, 6.45) is 3.42. The van der Waals surface area contributed by atoms with Gasteiger partial charge in [-0.1, -0.05) is 12.8 Å². The van der Waals surface area contributed by atoms with E-state index < -0.39 is 16.8 Å². The maximum Gasteiger partial charge on any atom is 0.311 e. The molecule has 1 saturated carbocycles. The highest BCUT2D eigenvalue weighted by Gasteiger charge is 2.57. The predicted octanol–water partition coefficient (Wildman–Crippen LogP) is 1.02. The molecule has 0 aromatic carbocycles. The number of amides is 1. The van der Waals surface area contributed by atoms with Gasteiger partial charge in [0.15, 0.2) is 0 Å². The molecule has 0 spiro atoms. The summed E-state index contributed by atoms with van der Waals surface area (Å²) in [5, 5.41) is 19.1. The molecule has 0 radical (unpaired) electrons. The lowest BCUT2D eigenvalue weighted by Crippen LogP contribution is -2.46. The first-order valence-corrected chi connectivity index (χ1v) is 7.56. The van der Waals surface area contributed by atoms with E-state index in [9.17, 15) is 20.0 Å². The predicted molar refractivity (Wildman–Crippen MR) is 72.1 cm³/mol. The van der Waals surface area contributed by atoms with Crippen molar-refractivity contribution in [3.63, 3.8) is 0 Å². The van der Waals surface area contributed by atoms with Crippen molar-refractivity contribution in [2.75, 3.05) is 26.3 Å². The van der Waals surface area contributed by atoms with Gasteiger partial charge in [0.05, 0.1) is 18.1 Å². The molecule has 0 bridgehead atoms. The Morgan fingerprint density at radius 2 is 2.00 bits per heavy atom. The van der Waals surface area contributed by atoms with E-state index >= 15 is 0 Å². The van der Waals surface area contributed by atoms with Crippen LogP contribution in [-0.2, 0) is 14.3 Å². The fourth-order valence-electron chi connectivity index (χ4n) is 4.11. The molecule has 0 aromatic rings. The zero-order valence-electron chi connectivity index (χ0n) is 12.0. The summed E-state index contributed by atoms with van der Waals surface area (Å²) in [6.45, 7) is 1.43. The number of ether oxygens (including phenoxy) is 1. The third-order valence-corrected chi connectivity index (χ3v) is 5.50. The Balaban J connectivity index is 1.84. The average molecular weight is 292 g/mol. The highest BCUT2D eigenvalue weighted by atomic mass is 16.5. The topological polar surface area (TPSA) is 90.6 Å². The molecular formula is C15H20N2O4. The molecule has 0 unspecified atom stereocenters. The minimum absolute atomic E-state index is 0.162. The van der Waals surface area contributed by atoms with Gasteiger partial charge < -0.3 is 14.7 Å². The lowest BCUT2D eigenvalue weighted by molar-refractivity contribution is -0.157. The highest BCUT2D eigenvalue weighted by Crippen LogP contribution is 2.46. The summed E-state index contributed by atoms with van der Waals surface area (Å²) < 4.78 is 5.40. The molecule has 2 aliphatic heterocycles. The van der Waals surface area contributed by atoms with Crippen molar-refractivity contribution in [2.24, 2.45) is 16.7 Å². The summed E-state index contributed by atoms with van der Waals surface area (Å²) in [6, 6.07) is 2.21. The third kappa shape index (κ3) is 2.03. The van der Waals surface area contributed by atoms with E-state index in [1.54, 1.807) is 4.90 Å². The molecule has 6 heteroatoms. The number of nitrogens with zero attached hydrogens (tertiary/aromatic N) is 2. The smallest absolute Gasteiger partial charge is 0.311 e. The molecule has 6 nitrogen and oxygen atoms in total. The second-order valence-electron chi connectivity index (χ2n) is 6.57. The number of hydrogen-bond donors (Lipinski definition) is 1. The Hall–Kier alpha value is -1.61. The first kappa shape index (κ1) is 14.3. The van der Waals surface area contributed by atoms with Crippen molar-refractivity contribution in [2.45, 2.75) is 32.1 Å². The zero-order valence-corrected chi connectivity index (χ0v) is 12.0. The largest absolute Gasteiger partial charge is 0.481 e. The van der Waals surface area contributed by atoms with Crippen LogP contribution in [-0.4, -0.2) is 48.2 Å². The Kier molecular flexibility index (Phi) is 3.40. The van der Waals surface area contributed by atoms with Crippen LogP contribution in [0, 0.1) is 28.1 Å². The van der Waals surface area contributed by atoms with E-state index in [1.807, 2.05) is 0 Å². The van der Waals surface area contributed by atoms with E-state index in [1.165, 1.54) is 0 Å². The lowest BCUT2D eigenvalue weighted by atomic mass is 9.74. The van der Waals surface area contributed by atoms with Crippen LogP contribution in [0.15, 0.2) is 0 Å². The summed E-state index contributed by atoms with van der Waals surface area (Å²) in [5.74, 6) is -1.18. The molecule has 0 aromatic heterocycles. The maximum absolute atomic E-state index is 12.8. The van der Waals surface area contributed by atoms with E-state index in [0.717, 1.165) is 12.8 Å². The van der Waals surface area contributed by atoms with Gasteiger partial charge in [-0.2, -0.15) is 5.26 Å². The highest BCUT2D eigenvalue weighted by molar-refractivity contribution is 5.87. The Labute approximate surface area is 123 Å². The summed E-state index contributed by atoms with van der Waals surface area (Å²) in [4.78, 5) is 26.1. The molecular weight excluding hydrogens is 272 g/mol. The van der Waals surface area contributed by atoms with Gasteiger partial charge in [-0.05, 0) is 19.3 Å². The van der Waals surface area contributed by atoms with Gasteiger partial charge in [0, 0.05) is 25.6 Å². The normalized spacial score (nSPS) is 34.2. The van der Waals surface area contributed by atoms with Crippen LogP contribution < -0.4 is 0 Å². The molecule has 3 fully saturated rings. The zero-order chi connectivity index (χ0) is 15.1. The van der Waals surface area contributed by atoms with Crippen LogP contribution >= 0.6 is 0 Å². The molecule has 1 amide bonds. The molecule has 3 aliphatic rings. The molecule has 1 N–H and O–H groups in total. The van der Waals surface area contributed by atoms with E-state index in [2.05, 4.69) is 6.07 Å². The number of fused-ring (bicyclic) bond motifs is 1. The fourth-order valence-corrected chi connectivity index (χ4v) is 4.11. The fraction of sp³-hybridized carbons (Fsp3) is 0.800. The van der Waals surface area contributed by atoms with Gasteiger partial charge in [0.1, 0.15) is 5.41 Å². The first-order chi connectivity index (χ1) is 10.0. The molecule has 114 valence electrons. The lowest BCUT2D eigenvalue weighted by Gasteiger charge is -2.34. The van der Waals surface area contributed by atoms with Crippen molar-refractivity contribution in [3.8, 4) is 6.07 Å². The number of carbonyl (C=O) groups is 2. The van der Waals surface area contributed by atoms with E-state index in [-0.39, 0.29) is 18.4 Å². The minimum Gasteiger partial charge on any atom is -0.481 e. The monoisotopic (exact) mass is 292 g/mol. The second-order valence-corrected chi connectivity index (χ2v) is 6.57. The Morgan fingerprint density at radius 1 is 1.29 bits per heavy atom. The van der Waals surface area contributed by atoms with Crippen molar-refractivity contribution < 1.29 is 19.4 Å². The van der Waals surface area contributed by atoms with Crippen LogP contribution in [0.2, 0.25) is 0 Å². The molecule has 2 heterocycles. The molecule has 3 rings (SSSR count). The minimum atomic E-state index is -0.923. The second kappa shape index (κ2) is 4.99. The van der Waals surface area contributed by atoms with Crippen LogP contribution in [0.3, 0.4) is 0 Å². The van der Waals surface area contributed by atoms with Crippen LogP contribution in [0.4, 0.5) is 0 Å². The number of aliphatic carboxylic acids is 1. The number of hydrogen-bond acceptors (Lipinski definition) is 4. The maximum atomic E-state index is 12.8. The van der Waals surface area contributed by atoms with Crippen molar-refractivity contribution >= 4 is 11.9 Å². The number of rotatable bonds is 2. The van der Waals surface area contributed by atoms with Gasteiger partial charge in [0.2, 0.25) is 5.91 Å². The van der Waals surface area contributed by atoms with Crippen LogP contribution in [0.25, 0.3) is 0 Å². The summed E-state index contributed by atoms with van der Waals surface area (Å²) in [7, 11) is 0. The Bertz CT molecular complexity index is 506. The molecule has 1 aliphatic carbocycles. The van der Waals surface area contributed by atoms with Gasteiger partial charge in [0.25, 0.3) is 0 Å². The van der Waals surface area contributed by atoms with Gasteiger partial charge in [-0.15, -0.1) is 0 Å². The molecule has 21 heavy (non-hydrogen) atoms. The van der Waals surface area contributed by atoms with Gasteiger partial charge >= 0.3 is 5.97 Å². The van der Waals surface area contributed by atoms with Gasteiger partial charge in [-0.3, -0.25) is 9.59 Å². The molecule has 2 atom stereocenters. The van der Waals surface area contributed by atoms with E-state index in [0.29, 0.717) is 39.0 Å². The van der Waals surface area contributed by atoms with Gasteiger partial charge in [-0.25, -0.2) is 0 Å². The number of likely N-dealkylation sites (tertiary alicyclic amines) is 1. The van der Waals surface area contributed by atoms with Crippen LogP contribution in [0.5, 0.6) is 0 Å². The summed E-state index contributed by atoms with van der Waals surface area (Å²) >= 11 is 0. The number of carboxylic acid groups (broad SMARTS) is 1. The van der Waals surface area contributed by atoms with Crippen molar-refractivity contribution in [1.29, 1.82) is 5.26 Å². The third-order valence-electron chi connectivity index (χ3n) is 5.50. The first-order valence-electron chi connectivity index (χ1n) is 7.56. The number of carboxylic acids is 1. The van der Waals surface area contributed by atoms with E-state index in [4.69, 9.17) is 4.74 Å². The number of nitriles is 1. The summed E-state index contributed by atoms with van der Waals surface area (Å²) in [5.41, 5.74) is -1.81.